The summed E-state index contributed by atoms with van der Waals surface area (Å²) in [6, 6.07) is 13.1. The van der Waals surface area contributed by atoms with Gasteiger partial charge in [0.05, 0.1) is 0 Å². The molecule has 0 aliphatic carbocycles. The molecule has 0 atom stereocenters. The molecule has 0 unspecified atom stereocenters. The Labute approximate surface area is 127 Å². The Kier molecular flexibility index (Phi) is 4.87. The molecular formula is C15H16BrN3O. The van der Waals surface area contributed by atoms with Gasteiger partial charge in [0.25, 0.3) is 5.91 Å². The molecule has 0 radical (unpaired) electrons. The van der Waals surface area contributed by atoms with Crippen molar-refractivity contribution < 1.29 is 4.79 Å². The van der Waals surface area contributed by atoms with Crippen molar-refractivity contribution in [2.45, 2.75) is 6.54 Å². The van der Waals surface area contributed by atoms with Gasteiger partial charge in [-0.25, -0.2) is 4.98 Å². The van der Waals surface area contributed by atoms with Crippen molar-refractivity contribution in [3.8, 4) is 0 Å². The summed E-state index contributed by atoms with van der Waals surface area (Å²) in [5, 5.41) is 2.86. The standard InChI is InChI=1S/C15H16BrN3O/c1-19(2)10-11-5-3-6-12(9-11)17-15(20)13-7-4-8-14(16)18-13/h3-9H,10H2,1-2H3,(H,17,20). The third-order valence-electron chi connectivity index (χ3n) is 2.63. The van der Waals surface area contributed by atoms with E-state index in [9.17, 15) is 4.79 Å². The summed E-state index contributed by atoms with van der Waals surface area (Å²) in [6.07, 6.45) is 0. The van der Waals surface area contributed by atoms with Crippen LogP contribution in [0.5, 0.6) is 0 Å². The molecule has 0 fully saturated rings. The largest absolute Gasteiger partial charge is 0.321 e. The third-order valence-corrected chi connectivity index (χ3v) is 3.07. The molecule has 4 nitrogen and oxygen atoms in total. The lowest BCUT2D eigenvalue weighted by atomic mass is 10.2. The fraction of sp³-hybridized carbons (Fsp3) is 0.200. The number of benzene rings is 1. The summed E-state index contributed by atoms with van der Waals surface area (Å²) in [5.74, 6) is -0.215. The van der Waals surface area contributed by atoms with E-state index in [1.807, 2.05) is 38.4 Å². The maximum Gasteiger partial charge on any atom is 0.274 e. The van der Waals surface area contributed by atoms with Crippen LogP contribution < -0.4 is 5.32 Å². The number of carbonyl (C=O) groups excluding carboxylic acids is 1. The molecule has 104 valence electrons. The van der Waals surface area contributed by atoms with E-state index >= 15 is 0 Å². The van der Waals surface area contributed by atoms with Gasteiger partial charge in [0.2, 0.25) is 0 Å². The normalized spacial score (nSPS) is 10.6. The molecule has 0 saturated carbocycles. The molecule has 1 aromatic heterocycles. The van der Waals surface area contributed by atoms with Crippen LogP contribution in [0, 0.1) is 0 Å². The van der Waals surface area contributed by atoms with E-state index in [1.165, 1.54) is 0 Å². The fourth-order valence-corrected chi connectivity index (χ4v) is 2.19. The van der Waals surface area contributed by atoms with Gasteiger partial charge in [-0.2, -0.15) is 0 Å². The number of hydrogen-bond acceptors (Lipinski definition) is 3. The van der Waals surface area contributed by atoms with Crippen molar-refractivity contribution in [3.05, 3.63) is 58.3 Å². The monoisotopic (exact) mass is 333 g/mol. The Morgan fingerprint density at radius 3 is 2.70 bits per heavy atom. The molecule has 0 bridgehead atoms. The minimum Gasteiger partial charge on any atom is -0.321 e. The van der Waals surface area contributed by atoms with Gasteiger partial charge in [-0.3, -0.25) is 4.79 Å². The number of amides is 1. The number of halogens is 1. The molecule has 1 aromatic carbocycles. The Balaban J connectivity index is 2.11. The first-order valence-corrected chi connectivity index (χ1v) is 7.01. The Hall–Kier alpha value is -1.72. The number of aromatic nitrogens is 1. The van der Waals surface area contributed by atoms with Gasteiger partial charge in [-0.05, 0) is 59.9 Å². The lowest BCUT2D eigenvalue weighted by Gasteiger charge is -2.11. The summed E-state index contributed by atoms with van der Waals surface area (Å²) in [7, 11) is 4.02. The number of nitrogens with zero attached hydrogens (tertiary/aromatic N) is 2. The first-order valence-electron chi connectivity index (χ1n) is 6.22. The number of nitrogens with one attached hydrogen (secondary N) is 1. The number of anilines is 1. The first-order chi connectivity index (χ1) is 9.54. The van der Waals surface area contributed by atoms with Gasteiger partial charge >= 0.3 is 0 Å². The van der Waals surface area contributed by atoms with Gasteiger partial charge in [0, 0.05) is 12.2 Å². The van der Waals surface area contributed by atoms with Gasteiger partial charge in [0.1, 0.15) is 10.3 Å². The maximum absolute atomic E-state index is 12.1. The van der Waals surface area contributed by atoms with E-state index in [0.29, 0.717) is 10.3 Å². The molecule has 20 heavy (non-hydrogen) atoms. The van der Waals surface area contributed by atoms with Gasteiger partial charge < -0.3 is 10.2 Å². The van der Waals surface area contributed by atoms with Gasteiger partial charge in [-0.1, -0.05) is 18.2 Å². The van der Waals surface area contributed by atoms with E-state index < -0.39 is 0 Å². The molecular weight excluding hydrogens is 318 g/mol. The summed E-state index contributed by atoms with van der Waals surface area (Å²) in [6.45, 7) is 0.832. The number of hydrogen-bond donors (Lipinski definition) is 1. The number of carbonyl (C=O) groups is 1. The predicted octanol–water partition coefficient (Wildman–Crippen LogP) is 3.16. The molecule has 1 N–H and O–H groups in total. The SMILES string of the molecule is CN(C)Cc1cccc(NC(=O)c2cccc(Br)n2)c1. The summed E-state index contributed by atoms with van der Waals surface area (Å²) in [4.78, 5) is 18.3. The van der Waals surface area contributed by atoms with E-state index in [1.54, 1.807) is 18.2 Å². The summed E-state index contributed by atoms with van der Waals surface area (Å²) < 4.78 is 0.645. The van der Waals surface area contributed by atoms with Crippen LogP contribution >= 0.6 is 15.9 Å². The van der Waals surface area contributed by atoms with Gasteiger partial charge in [-0.15, -0.1) is 0 Å². The molecule has 0 spiro atoms. The van der Waals surface area contributed by atoms with Crippen molar-refractivity contribution in [2.24, 2.45) is 0 Å². The highest BCUT2D eigenvalue weighted by Crippen LogP contribution is 2.14. The minimum atomic E-state index is -0.215. The topological polar surface area (TPSA) is 45.2 Å². The van der Waals surface area contributed by atoms with Crippen molar-refractivity contribution in [2.75, 3.05) is 19.4 Å². The van der Waals surface area contributed by atoms with Crippen LogP contribution in [0.25, 0.3) is 0 Å². The van der Waals surface area contributed by atoms with Crippen LogP contribution in [0.4, 0.5) is 5.69 Å². The van der Waals surface area contributed by atoms with Crippen LogP contribution in [0.15, 0.2) is 47.1 Å². The van der Waals surface area contributed by atoms with E-state index in [2.05, 4.69) is 31.1 Å². The highest BCUT2D eigenvalue weighted by atomic mass is 79.9. The molecule has 5 heteroatoms. The van der Waals surface area contributed by atoms with Crippen molar-refractivity contribution >= 4 is 27.5 Å². The third kappa shape index (κ3) is 4.15. The second kappa shape index (κ2) is 6.63. The average Bonchev–Trinajstić information content (AvgIpc) is 2.38. The van der Waals surface area contributed by atoms with E-state index in [-0.39, 0.29) is 5.91 Å². The Morgan fingerprint density at radius 2 is 2.00 bits per heavy atom. The van der Waals surface area contributed by atoms with Crippen LogP contribution in [-0.4, -0.2) is 29.9 Å². The van der Waals surface area contributed by atoms with Crippen molar-refractivity contribution in [1.29, 1.82) is 0 Å². The molecule has 2 aromatic rings. The zero-order valence-electron chi connectivity index (χ0n) is 11.4. The number of pyridine rings is 1. The Morgan fingerprint density at radius 1 is 1.25 bits per heavy atom. The average molecular weight is 334 g/mol. The summed E-state index contributed by atoms with van der Waals surface area (Å²) in [5.41, 5.74) is 2.31. The van der Waals surface area contributed by atoms with E-state index in [0.717, 1.165) is 17.8 Å². The molecule has 2 rings (SSSR count). The van der Waals surface area contributed by atoms with Crippen LogP contribution in [0.1, 0.15) is 16.1 Å². The first kappa shape index (κ1) is 14.7. The molecule has 0 aliphatic heterocycles. The zero-order chi connectivity index (χ0) is 14.5. The smallest absolute Gasteiger partial charge is 0.274 e. The predicted molar refractivity (Wildman–Crippen MR) is 83.7 cm³/mol. The second-order valence-corrected chi connectivity index (χ2v) is 5.55. The summed E-state index contributed by atoms with van der Waals surface area (Å²) >= 11 is 3.26. The van der Waals surface area contributed by atoms with Crippen molar-refractivity contribution in [3.63, 3.8) is 0 Å². The molecule has 0 saturated heterocycles. The quantitative estimate of drug-likeness (QED) is 0.874. The minimum absolute atomic E-state index is 0.215. The van der Waals surface area contributed by atoms with Crippen LogP contribution in [0.3, 0.4) is 0 Å². The Bertz CT molecular complexity index is 614. The van der Waals surface area contributed by atoms with Gasteiger partial charge in [0.15, 0.2) is 0 Å². The van der Waals surface area contributed by atoms with E-state index in [4.69, 9.17) is 0 Å². The highest BCUT2D eigenvalue weighted by Gasteiger charge is 2.08. The molecule has 1 heterocycles. The lowest BCUT2D eigenvalue weighted by molar-refractivity contribution is 0.102. The molecule has 0 aliphatic rings. The van der Waals surface area contributed by atoms with Crippen LogP contribution in [0.2, 0.25) is 0 Å². The van der Waals surface area contributed by atoms with Crippen molar-refractivity contribution in [1.82, 2.24) is 9.88 Å². The molecule has 1 amide bonds. The highest BCUT2D eigenvalue weighted by molar-refractivity contribution is 9.10. The lowest BCUT2D eigenvalue weighted by Crippen LogP contribution is -2.14. The van der Waals surface area contributed by atoms with Crippen LogP contribution in [-0.2, 0) is 6.54 Å². The second-order valence-electron chi connectivity index (χ2n) is 4.74. The maximum atomic E-state index is 12.1. The zero-order valence-corrected chi connectivity index (χ0v) is 13.0. The number of rotatable bonds is 4. The fourth-order valence-electron chi connectivity index (χ4n) is 1.84.